The zero-order valence-electron chi connectivity index (χ0n) is 16.7. The van der Waals surface area contributed by atoms with Crippen molar-refractivity contribution in [2.45, 2.75) is 37.7 Å². The van der Waals surface area contributed by atoms with Gasteiger partial charge < -0.3 is 15.3 Å². The Morgan fingerprint density at radius 2 is 1.86 bits per heavy atom. The Kier molecular flexibility index (Phi) is 6.56. The minimum Gasteiger partial charge on any atom is -0.424 e. The van der Waals surface area contributed by atoms with E-state index < -0.39 is 16.1 Å². The number of benzene rings is 2. The molecule has 3 rings (SSSR count). The molecule has 1 atom stereocenters. The number of rotatable bonds is 9. The SMILES string of the molecule is CC(C)CN(CC(O)CCc1ccccc1)S(=O)(=O)c1ccc2nc(N)oc2c1. The molecule has 3 N–H and O–H groups in total. The van der Waals surface area contributed by atoms with E-state index in [1.165, 1.54) is 16.4 Å². The van der Waals surface area contributed by atoms with Crippen LogP contribution in [-0.2, 0) is 16.4 Å². The van der Waals surface area contributed by atoms with Crippen LogP contribution in [0.5, 0.6) is 0 Å². The van der Waals surface area contributed by atoms with Gasteiger partial charge in [-0.05, 0) is 36.5 Å². The zero-order valence-corrected chi connectivity index (χ0v) is 17.5. The summed E-state index contributed by atoms with van der Waals surface area (Å²) in [6.45, 7) is 4.23. The Hall–Kier alpha value is -2.42. The van der Waals surface area contributed by atoms with Gasteiger partial charge >= 0.3 is 0 Å². The van der Waals surface area contributed by atoms with Gasteiger partial charge in [-0.15, -0.1) is 0 Å². The molecule has 0 bridgehead atoms. The molecule has 0 aliphatic rings. The number of nitrogens with zero attached hydrogens (tertiary/aromatic N) is 2. The summed E-state index contributed by atoms with van der Waals surface area (Å²) < 4.78 is 33.1. The maximum absolute atomic E-state index is 13.2. The van der Waals surface area contributed by atoms with Crippen molar-refractivity contribution >= 4 is 27.1 Å². The first-order valence-corrected chi connectivity index (χ1v) is 11.1. The minimum absolute atomic E-state index is 0.00933. The summed E-state index contributed by atoms with van der Waals surface area (Å²) in [5, 5.41) is 10.5. The van der Waals surface area contributed by atoms with E-state index in [2.05, 4.69) is 4.98 Å². The Morgan fingerprint density at radius 1 is 1.14 bits per heavy atom. The van der Waals surface area contributed by atoms with E-state index in [9.17, 15) is 13.5 Å². The van der Waals surface area contributed by atoms with E-state index in [0.29, 0.717) is 30.5 Å². The van der Waals surface area contributed by atoms with Gasteiger partial charge in [0, 0.05) is 19.2 Å². The van der Waals surface area contributed by atoms with Crippen LogP contribution in [0.2, 0.25) is 0 Å². The molecule has 8 heteroatoms. The fraction of sp³-hybridized carbons (Fsp3) is 0.381. The van der Waals surface area contributed by atoms with Crippen LogP contribution in [0.25, 0.3) is 11.1 Å². The van der Waals surface area contributed by atoms with E-state index >= 15 is 0 Å². The molecule has 0 radical (unpaired) electrons. The summed E-state index contributed by atoms with van der Waals surface area (Å²) in [4.78, 5) is 4.09. The number of anilines is 1. The third-order valence-corrected chi connectivity index (χ3v) is 6.43. The first-order valence-electron chi connectivity index (χ1n) is 9.64. The Bertz CT molecular complexity index is 1050. The summed E-state index contributed by atoms with van der Waals surface area (Å²) in [5.41, 5.74) is 7.48. The van der Waals surface area contributed by atoms with Crippen molar-refractivity contribution in [1.29, 1.82) is 0 Å². The summed E-state index contributed by atoms with van der Waals surface area (Å²) in [7, 11) is -3.81. The smallest absolute Gasteiger partial charge is 0.292 e. The molecule has 0 aliphatic carbocycles. The summed E-state index contributed by atoms with van der Waals surface area (Å²) >= 11 is 0. The molecule has 7 nitrogen and oxygen atoms in total. The van der Waals surface area contributed by atoms with Crippen LogP contribution in [0.3, 0.4) is 0 Å². The second kappa shape index (κ2) is 8.94. The van der Waals surface area contributed by atoms with Crippen LogP contribution in [0, 0.1) is 5.92 Å². The Labute approximate surface area is 171 Å². The molecule has 2 aromatic carbocycles. The first-order chi connectivity index (χ1) is 13.8. The third kappa shape index (κ3) is 5.35. The van der Waals surface area contributed by atoms with Gasteiger partial charge in [-0.1, -0.05) is 44.2 Å². The molecule has 0 saturated heterocycles. The standard InChI is InChI=1S/C21H27N3O4S/c1-15(2)13-24(14-17(25)9-8-16-6-4-3-5-7-16)29(26,27)18-10-11-19-20(12-18)28-21(22)23-19/h3-7,10-12,15,17,25H,8-9,13-14H2,1-2H3,(H2,22,23). The van der Waals surface area contributed by atoms with Gasteiger partial charge in [0.1, 0.15) is 5.52 Å². The average molecular weight is 418 g/mol. The quantitative estimate of drug-likeness (QED) is 0.554. The lowest BCUT2D eigenvalue weighted by atomic mass is 10.1. The normalized spacial score (nSPS) is 13.4. The maximum atomic E-state index is 13.2. The summed E-state index contributed by atoms with van der Waals surface area (Å²) in [5.74, 6) is 0.107. The summed E-state index contributed by atoms with van der Waals surface area (Å²) in [6.07, 6.45) is 0.389. The highest BCUT2D eigenvalue weighted by molar-refractivity contribution is 7.89. The molecule has 0 spiro atoms. The number of nitrogen functional groups attached to an aromatic ring is 1. The number of oxazole rings is 1. The Balaban J connectivity index is 1.78. The van der Waals surface area contributed by atoms with E-state index in [0.717, 1.165) is 5.56 Å². The highest BCUT2D eigenvalue weighted by Gasteiger charge is 2.28. The maximum Gasteiger partial charge on any atom is 0.292 e. The first kappa shape index (κ1) is 21.3. The summed E-state index contributed by atoms with van der Waals surface area (Å²) in [6, 6.07) is 14.3. The van der Waals surface area contributed by atoms with Crippen molar-refractivity contribution in [1.82, 2.24) is 9.29 Å². The molecule has 0 aliphatic heterocycles. The molecule has 156 valence electrons. The number of hydrogen-bond donors (Lipinski definition) is 2. The predicted octanol–water partition coefficient (Wildman–Crippen LogP) is 3.05. The molecule has 0 fully saturated rings. The van der Waals surface area contributed by atoms with Crippen molar-refractivity contribution in [3.63, 3.8) is 0 Å². The molecule has 0 amide bonds. The third-order valence-electron chi connectivity index (χ3n) is 4.61. The number of hydrogen-bond acceptors (Lipinski definition) is 6. The topological polar surface area (TPSA) is 110 Å². The van der Waals surface area contributed by atoms with Crippen LogP contribution in [0.4, 0.5) is 6.01 Å². The largest absolute Gasteiger partial charge is 0.424 e. The van der Waals surface area contributed by atoms with Gasteiger partial charge in [0.25, 0.3) is 6.01 Å². The number of nitrogens with two attached hydrogens (primary N) is 1. The minimum atomic E-state index is -3.81. The van der Waals surface area contributed by atoms with Gasteiger partial charge in [-0.25, -0.2) is 8.42 Å². The molecule has 1 unspecified atom stereocenters. The number of fused-ring (bicyclic) bond motifs is 1. The van der Waals surface area contributed by atoms with E-state index in [1.807, 2.05) is 44.2 Å². The zero-order chi connectivity index (χ0) is 21.0. The lowest BCUT2D eigenvalue weighted by Gasteiger charge is -2.26. The molecule has 1 aromatic heterocycles. The van der Waals surface area contributed by atoms with Crippen molar-refractivity contribution in [3.8, 4) is 0 Å². The van der Waals surface area contributed by atoms with Gasteiger partial charge in [0.15, 0.2) is 5.58 Å². The Morgan fingerprint density at radius 3 is 2.55 bits per heavy atom. The van der Waals surface area contributed by atoms with Gasteiger partial charge in [-0.2, -0.15) is 9.29 Å². The van der Waals surface area contributed by atoms with Crippen LogP contribution in [0.1, 0.15) is 25.8 Å². The number of aliphatic hydroxyl groups is 1. The van der Waals surface area contributed by atoms with E-state index in [-0.39, 0.29) is 23.4 Å². The number of aliphatic hydroxyl groups excluding tert-OH is 1. The highest BCUT2D eigenvalue weighted by Crippen LogP contribution is 2.24. The van der Waals surface area contributed by atoms with Crippen molar-refractivity contribution in [2.24, 2.45) is 5.92 Å². The van der Waals surface area contributed by atoms with Gasteiger partial charge in [0.2, 0.25) is 10.0 Å². The second-order valence-corrected chi connectivity index (χ2v) is 9.51. The van der Waals surface area contributed by atoms with Gasteiger partial charge in [0.05, 0.1) is 11.0 Å². The molecule has 3 aromatic rings. The number of aryl methyl sites for hydroxylation is 1. The number of sulfonamides is 1. The average Bonchev–Trinajstić information content (AvgIpc) is 3.05. The molecule has 0 saturated carbocycles. The van der Waals surface area contributed by atoms with Crippen LogP contribution >= 0.6 is 0 Å². The van der Waals surface area contributed by atoms with Crippen molar-refractivity contribution in [3.05, 3.63) is 54.1 Å². The molecular formula is C21H27N3O4S. The van der Waals surface area contributed by atoms with E-state index in [1.54, 1.807) is 6.07 Å². The molecule has 1 heterocycles. The van der Waals surface area contributed by atoms with E-state index in [4.69, 9.17) is 10.2 Å². The fourth-order valence-corrected chi connectivity index (χ4v) is 4.87. The fourth-order valence-electron chi connectivity index (χ4n) is 3.21. The van der Waals surface area contributed by atoms with Gasteiger partial charge in [-0.3, -0.25) is 0 Å². The lowest BCUT2D eigenvalue weighted by molar-refractivity contribution is 0.133. The monoisotopic (exact) mass is 417 g/mol. The van der Waals surface area contributed by atoms with Crippen LogP contribution in [-0.4, -0.2) is 42.0 Å². The second-order valence-electron chi connectivity index (χ2n) is 7.58. The van der Waals surface area contributed by atoms with Crippen LogP contribution < -0.4 is 5.73 Å². The van der Waals surface area contributed by atoms with Crippen LogP contribution in [0.15, 0.2) is 57.8 Å². The predicted molar refractivity (Wildman–Crippen MR) is 113 cm³/mol. The number of aromatic nitrogens is 1. The molecular weight excluding hydrogens is 390 g/mol. The molecule has 29 heavy (non-hydrogen) atoms. The highest BCUT2D eigenvalue weighted by atomic mass is 32.2. The lowest BCUT2D eigenvalue weighted by Crippen LogP contribution is -2.40. The van der Waals surface area contributed by atoms with Crippen molar-refractivity contribution in [2.75, 3.05) is 18.8 Å². The van der Waals surface area contributed by atoms with Crippen molar-refractivity contribution < 1.29 is 17.9 Å².